The third-order valence-corrected chi connectivity index (χ3v) is 2.29. The fourth-order valence-electron chi connectivity index (χ4n) is 1.47. The lowest BCUT2D eigenvalue weighted by Crippen LogP contribution is -2.10. The predicted molar refractivity (Wildman–Crippen MR) is 59.6 cm³/mol. The first-order valence-corrected chi connectivity index (χ1v) is 5.06. The van der Waals surface area contributed by atoms with Crippen molar-refractivity contribution < 1.29 is 4.39 Å². The molecule has 82 valence electrons. The first-order chi connectivity index (χ1) is 7.70. The molecule has 0 spiro atoms. The maximum absolute atomic E-state index is 13.5. The monoisotopic (exact) mass is 218 g/mol. The van der Waals surface area contributed by atoms with Gasteiger partial charge in [0.05, 0.1) is 5.56 Å². The zero-order chi connectivity index (χ0) is 11.5. The van der Waals surface area contributed by atoms with Crippen molar-refractivity contribution in [2.75, 3.05) is 0 Å². The number of aryl methyl sites for hydroxylation is 1. The second-order valence-electron chi connectivity index (χ2n) is 3.42. The van der Waals surface area contributed by atoms with E-state index < -0.39 is 0 Å². The van der Waals surface area contributed by atoms with Gasteiger partial charge in [0.1, 0.15) is 11.6 Å². The number of nitrogens with zero attached hydrogens (tertiary/aromatic N) is 1. The van der Waals surface area contributed by atoms with E-state index in [4.69, 9.17) is 0 Å². The van der Waals surface area contributed by atoms with Crippen molar-refractivity contribution in [2.24, 2.45) is 0 Å². The topological polar surface area (TPSA) is 45.8 Å². The van der Waals surface area contributed by atoms with Gasteiger partial charge in [0.2, 0.25) is 0 Å². The predicted octanol–water partition coefficient (Wildman–Crippen LogP) is 2.14. The number of benzene rings is 1. The molecule has 0 radical (unpaired) electrons. The number of hydrogen-bond donors (Lipinski definition) is 1. The van der Waals surface area contributed by atoms with Gasteiger partial charge in [0.25, 0.3) is 5.56 Å². The van der Waals surface area contributed by atoms with E-state index in [9.17, 15) is 9.18 Å². The molecule has 16 heavy (non-hydrogen) atoms. The van der Waals surface area contributed by atoms with Crippen LogP contribution in [0, 0.1) is 5.82 Å². The highest BCUT2D eigenvalue weighted by molar-refractivity contribution is 5.55. The molecular formula is C12H11FN2O. The SMILES string of the molecule is CCc1cc(=O)[nH]c(-c2ccccc2F)n1. The lowest BCUT2D eigenvalue weighted by Gasteiger charge is -2.03. The van der Waals surface area contributed by atoms with E-state index in [2.05, 4.69) is 9.97 Å². The Hall–Kier alpha value is -1.97. The van der Waals surface area contributed by atoms with Gasteiger partial charge in [-0.1, -0.05) is 19.1 Å². The molecular weight excluding hydrogens is 207 g/mol. The van der Waals surface area contributed by atoms with Crippen molar-refractivity contribution in [3.63, 3.8) is 0 Å². The molecule has 1 heterocycles. The van der Waals surface area contributed by atoms with Gasteiger partial charge in [-0.3, -0.25) is 4.79 Å². The molecule has 4 heteroatoms. The number of aromatic amines is 1. The van der Waals surface area contributed by atoms with Crippen LogP contribution in [-0.4, -0.2) is 9.97 Å². The molecule has 0 unspecified atom stereocenters. The van der Waals surface area contributed by atoms with Crippen molar-refractivity contribution >= 4 is 0 Å². The maximum Gasteiger partial charge on any atom is 0.251 e. The summed E-state index contributed by atoms with van der Waals surface area (Å²) >= 11 is 0. The van der Waals surface area contributed by atoms with Gasteiger partial charge in [0, 0.05) is 11.8 Å². The zero-order valence-corrected chi connectivity index (χ0v) is 8.83. The Morgan fingerprint density at radius 1 is 1.38 bits per heavy atom. The fraction of sp³-hybridized carbons (Fsp3) is 0.167. The van der Waals surface area contributed by atoms with Gasteiger partial charge in [-0.25, -0.2) is 9.37 Å². The van der Waals surface area contributed by atoms with Crippen LogP contribution >= 0.6 is 0 Å². The molecule has 0 saturated heterocycles. The summed E-state index contributed by atoms with van der Waals surface area (Å²) in [5.74, 6) is -0.110. The van der Waals surface area contributed by atoms with Gasteiger partial charge in [0.15, 0.2) is 0 Å². The quantitative estimate of drug-likeness (QED) is 0.839. The molecule has 2 aromatic rings. The van der Waals surface area contributed by atoms with Crippen LogP contribution in [0.1, 0.15) is 12.6 Å². The molecule has 3 nitrogen and oxygen atoms in total. The second kappa shape index (κ2) is 4.26. The highest BCUT2D eigenvalue weighted by Crippen LogP contribution is 2.17. The summed E-state index contributed by atoms with van der Waals surface area (Å²) in [6.45, 7) is 1.90. The summed E-state index contributed by atoms with van der Waals surface area (Å²) < 4.78 is 13.5. The minimum absolute atomic E-state index is 0.259. The maximum atomic E-state index is 13.5. The first kappa shape index (κ1) is 10.5. The molecule has 1 N–H and O–H groups in total. The average molecular weight is 218 g/mol. The van der Waals surface area contributed by atoms with Gasteiger partial charge in [-0.15, -0.1) is 0 Å². The Kier molecular flexibility index (Phi) is 2.81. The van der Waals surface area contributed by atoms with Gasteiger partial charge >= 0.3 is 0 Å². The Labute approximate surface area is 92.0 Å². The van der Waals surface area contributed by atoms with E-state index >= 15 is 0 Å². The number of hydrogen-bond acceptors (Lipinski definition) is 2. The van der Waals surface area contributed by atoms with Gasteiger partial charge in [-0.05, 0) is 18.6 Å². The van der Waals surface area contributed by atoms with Crippen molar-refractivity contribution in [1.29, 1.82) is 0 Å². The molecule has 1 aromatic carbocycles. The third kappa shape index (κ3) is 2.00. The van der Waals surface area contributed by atoms with E-state index in [1.165, 1.54) is 12.1 Å². The largest absolute Gasteiger partial charge is 0.306 e. The molecule has 0 fully saturated rings. The molecule has 1 aromatic heterocycles. The number of H-pyrrole nitrogens is 1. The smallest absolute Gasteiger partial charge is 0.251 e. The second-order valence-corrected chi connectivity index (χ2v) is 3.42. The number of rotatable bonds is 2. The van der Waals surface area contributed by atoms with Gasteiger partial charge < -0.3 is 4.98 Å². The van der Waals surface area contributed by atoms with Crippen LogP contribution in [0.4, 0.5) is 4.39 Å². The summed E-state index contributed by atoms with van der Waals surface area (Å²) in [4.78, 5) is 18.1. The normalized spacial score (nSPS) is 10.4. The van der Waals surface area contributed by atoms with Crippen LogP contribution in [0.15, 0.2) is 35.1 Å². The third-order valence-electron chi connectivity index (χ3n) is 2.29. The number of nitrogens with one attached hydrogen (secondary N) is 1. The summed E-state index contributed by atoms with van der Waals surface area (Å²) in [5.41, 5.74) is 0.710. The van der Waals surface area contributed by atoms with Crippen LogP contribution < -0.4 is 5.56 Å². The Balaban J connectivity index is 2.60. The van der Waals surface area contributed by atoms with E-state index in [0.717, 1.165) is 0 Å². The van der Waals surface area contributed by atoms with E-state index in [1.807, 2.05) is 6.92 Å². The molecule has 2 rings (SSSR count). The average Bonchev–Trinajstić information content (AvgIpc) is 2.28. The van der Waals surface area contributed by atoms with Crippen molar-refractivity contribution in [1.82, 2.24) is 9.97 Å². The zero-order valence-electron chi connectivity index (χ0n) is 8.83. The highest BCUT2D eigenvalue weighted by Gasteiger charge is 2.07. The summed E-state index contributed by atoms with van der Waals surface area (Å²) in [5, 5.41) is 0. The lowest BCUT2D eigenvalue weighted by atomic mass is 10.2. The van der Waals surface area contributed by atoms with Crippen LogP contribution in [0.25, 0.3) is 11.4 Å². The summed E-state index contributed by atoms with van der Waals surface area (Å²) in [7, 11) is 0. The van der Waals surface area contributed by atoms with Crippen LogP contribution in [0.5, 0.6) is 0 Å². The molecule has 0 aliphatic heterocycles. The highest BCUT2D eigenvalue weighted by atomic mass is 19.1. The molecule has 0 aliphatic rings. The lowest BCUT2D eigenvalue weighted by molar-refractivity contribution is 0.629. The van der Waals surface area contributed by atoms with E-state index in [-0.39, 0.29) is 17.2 Å². The van der Waals surface area contributed by atoms with Crippen molar-refractivity contribution in [2.45, 2.75) is 13.3 Å². The van der Waals surface area contributed by atoms with Crippen molar-refractivity contribution in [3.05, 3.63) is 52.2 Å². The summed E-state index contributed by atoms with van der Waals surface area (Å²) in [6, 6.07) is 7.66. The summed E-state index contributed by atoms with van der Waals surface area (Å²) in [6.07, 6.45) is 0.644. The van der Waals surface area contributed by atoms with E-state index in [1.54, 1.807) is 18.2 Å². The van der Waals surface area contributed by atoms with Crippen LogP contribution in [-0.2, 0) is 6.42 Å². The molecule has 0 aliphatic carbocycles. The fourth-order valence-corrected chi connectivity index (χ4v) is 1.47. The minimum Gasteiger partial charge on any atom is -0.306 e. The van der Waals surface area contributed by atoms with Crippen LogP contribution in [0.3, 0.4) is 0 Å². The molecule has 0 amide bonds. The van der Waals surface area contributed by atoms with E-state index in [0.29, 0.717) is 17.7 Å². The minimum atomic E-state index is -0.390. The first-order valence-electron chi connectivity index (χ1n) is 5.06. The molecule has 0 saturated carbocycles. The Bertz CT molecular complexity index is 563. The molecule has 0 bridgehead atoms. The number of aromatic nitrogens is 2. The molecule has 0 atom stereocenters. The van der Waals surface area contributed by atoms with Gasteiger partial charge in [-0.2, -0.15) is 0 Å². The number of halogens is 1. The Morgan fingerprint density at radius 3 is 2.81 bits per heavy atom. The Morgan fingerprint density at radius 2 is 2.12 bits per heavy atom. The van der Waals surface area contributed by atoms with Crippen molar-refractivity contribution in [3.8, 4) is 11.4 Å². The van der Waals surface area contributed by atoms with Crippen LogP contribution in [0.2, 0.25) is 0 Å². The standard InChI is InChI=1S/C12H11FN2O/c1-2-8-7-11(16)15-12(14-8)9-5-3-4-6-10(9)13/h3-7H,2H2,1H3,(H,14,15,16).